The van der Waals surface area contributed by atoms with Gasteiger partial charge in [-0.15, -0.1) is 35.3 Å². The van der Waals surface area contributed by atoms with E-state index in [1.807, 2.05) is 18.2 Å². The zero-order chi connectivity index (χ0) is 21.2. The van der Waals surface area contributed by atoms with Crippen molar-refractivity contribution in [3.8, 4) is 0 Å². The van der Waals surface area contributed by atoms with Crippen molar-refractivity contribution in [2.75, 3.05) is 7.05 Å². The average Bonchev–Trinajstić information content (AvgIpc) is 3.25. The number of ether oxygens (including phenoxy) is 1. The Bertz CT molecular complexity index is 926. The summed E-state index contributed by atoms with van der Waals surface area (Å²) in [5, 5.41) is 9.88. The van der Waals surface area contributed by atoms with Crippen molar-refractivity contribution < 1.29 is 4.74 Å². The molecule has 0 bridgehead atoms. The van der Waals surface area contributed by atoms with Crippen LogP contribution in [0, 0.1) is 0 Å². The fraction of sp³-hybridized carbons (Fsp3) is 0.333. The van der Waals surface area contributed by atoms with Crippen molar-refractivity contribution >= 4 is 41.3 Å². The number of hydrogen-bond acceptors (Lipinski definition) is 4. The van der Waals surface area contributed by atoms with Crippen LogP contribution in [0.5, 0.6) is 0 Å². The average molecular weight is 551 g/mol. The standard InChI is InChI=1S/C24H30N4OS.HI/c1-18(2)22-17-30-23(28-22)14-27-24(25-3)26-13-19-9-11-21(12-10-19)16-29-15-20-7-5-4-6-8-20;/h4-12,17-18H,13-16H2,1-3H3,(H2,25,26,27);1H. The molecule has 1 heterocycles. The van der Waals surface area contributed by atoms with Gasteiger partial charge in [0.1, 0.15) is 5.01 Å². The molecule has 0 aliphatic carbocycles. The van der Waals surface area contributed by atoms with Gasteiger partial charge in [-0.1, -0.05) is 68.4 Å². The highest BCUT2D eigenvalue weighted by molar-refractivity contribution is 14.0. The number of nitrogens with one attached hydrogen (secondary N) is 2. The van der Waals surface area contributed by atoms with Crippen LogP contribution in [0.25, 0.3) is 0 Å². The molecular weight excluding hydrogens is 519 g/mol. The molecule has 0 saturated heterocycles. The lowest BCUT2D eigenvalue weighted by molar-refractivity contribution is 0.107. The zero-order valence-electron chi connectivity index (χ0n) is 18.3. The lowest BCUT2D eigenvalue weighted by atomic mass is 10.1. The third-order valence-corrected chi connectivity index (χ3v) is 5.52. The predicted octanol–water partition coefficient (Wildman–Crippen LogP) is 5.47. The van der Waals surface area contributed by atoms with Crippen LogP contribution in [0.4, 0.5) is 0 Å². The number of aromatic nitrogens is 1. The van der Waals surface area contributed by atoms with E-state index in [-0.39, 0.29) is 24.0 Å². The molecule has 31 heavy (non-hydrogen) atoms. The Morgan fingerprint density at radius 3 is 2.16 bits per heavy atom. The maximum absolute atomic E-state index is 5.80. The molecule has 0 atom stereocenters. The first kappa shape index (κ1) is 25.3. The van der Waals surface area contributed by atoms with E-state index < -0.39 is 0 Å². The monoisotopic (exact) mass is 550 g/mol. The van der Waals surface area contributed by atoms with Crippen LogP contribution in [-0.4, -0.2) is 18.0 Å². The van der Waals surface area contributed by atoms with Gasteiger partial charge in [0.25, 0.3) is 0 Å². The van der Waals surface area contributed by atoms with E-state index in [1.165, 1.54) is 16.7 Å². The Morgan fingerprint density at radius 2 is 1.55 bits per heavy atom. The summed E-state index contributed by atoms with van der Waals surface area (Å²) in [5.41, 5.74) is 4.70. The third-order valence-electron chi connectivity index (χ3n) is 4.65. The van der Waals surface area contributed by atoms with Crippen molar-refractivity contribution in [3.05, 3.63) is 87.4 Å². The van der Waals surface area contributed by atoms with E-state index >= 15 is 0 Å². The van der Waals surface area contributed by atoms with Crippen molar-refractivity contribution in [2.45, 2.75) is 46.1 Å². The van der Waals surface area contributed by atoms with E-state index in [2.05, 4.69) is 76.2 Å². The summed E-state index contributed by atoms with van der Waals surface area (Å²) in [6, 6.07) is 18.7. The first-order valence-electron chi connectivity index (χ1n) is 10.2. The van der Waals surface area contributed by atoms with Gasteiger partial charge in [0.15, 0.2) is 5.96 Å². The molecule has 166 valence electrons. The zero-order valence-corrected chi connectivity index (χ0v) is 21.4. The molecule has 0 fully saturated rings. The van der Waals surface area contributed by atoms with Crippen molar-refractivity contribution in [1.82, 2.24) is 15.6 Å². The van der Waals surface area contributed by atoms with E-state index in [0.29, 0.717) is 32.2 Å². The van der Waals surface area contributed by atoms with Crippen LogP contribution in [0.2, 0.25) is 0 Å². The van der Waals surface area contributed by atoms with Crippen molar-refractivity contribution in [1.29, 1.82) is 0 Å². The summed E-state index contributed by atoms with van der Waals surface area (Å²) in [7, 11) is 1.78. The number of aliphatic imine (C=N–C) groups is 1. The van der Waals surface area contributed by atoms with Gasteiger partial charge in [0.05, 0.1) is 25.5 Å². The van der Waals surface area contributed by atoms with Gasteiger partial charge in [0.2, 0.25) is 0 Å². The Kier molecular flexibility index (Phi) is 11.0. The number of rotatable bonds is 9. The van der Waals surface area contributed by atoms with E-state index in [1.54, 1.807) is 18.4 Å². The fourth-order valence-electron chi connectivity index (χ4n) is 2.85. The molecule has 0 saturated carbocycles. The molecule has 0 aliphatic rings. The largest absolute Gasteiger partial charge is 0.372 e. The molecule has 2 N–H and O–H groups in total. The first-order valence-corrected chi connectivity index (χ1v) is 11.1. The summed E-state index contributed by atoms with van der Waals surface area (Å²) in [4.78, 5) is 8.95. The highest BCUT2D eigenvalue weighted by atomic mass is 127. The van der Waals surface area contributed by atoms with E-state index in [0.717, 1.165) is 16.7 Å². The summed E-state index contributed by atoms with van der Waals surface area (Å²) in [6.45, 7) is 6.94. The second-order valence-electron chi connectivity index (χ2n) is 7.40. The van der Waals surface area contributed by atoms with Gasteiger partial charge in [-0.2, -0.15) is 0 Å². The quantitative estimate of drug-likeness (QED) is 0.211. The van der Waals surface area contributed by atoms with Crippen molar-refractivity contribution in [3.63, 3.8) is 0 Å². The lowest BCUT2D eigenvalue weighted by Crippen LogP contribution is -2.36. The number of thiazole rings is 1. The van der Waals surface area contributed by atoms with Gasteiger partial charge in [-0.25, -0.2) is 4.98 Å². The highest BCUT2D eigenvalue weighted by Gasteiger charge is 2.06. The number of nitrogens with zero attached hydrogens (tertiary/aromatic N) is 2. The number of hydrogen-bond donors (Lipinski definition) is 2. The number of halogens is 1. The Morgan fingerprint density at radius 1 is 0.935 bits per heavy atom. The Labute approximate surface area is 206 Å². The molecule has 0 unspecified atom stereocenters. The third kappa shape index (κ3) is 8.59. The molecule has 5 nitrogen and oxygen atoms in total. The normalized spacial score (nSPS) is 11.3. The molecule has 3 aromatic rings. The van der Waals surface area contributed by atoms with Gasteiger partial charge in [-0.3, -0.25) is 4.99 Å². The van der Waals surface area contributed by atoms with Gasteiger partial charge < -0.3 is 15.4 Å². The first-order chi connectivity index (χ1) is 14.6. The van der Waals surface area contributed by atoms with Gasteiger partial charge >= 0.3 is 0 Å². The molecule has 1 aromatic heterocycles. The molecule has 0 radical (unpaired) electrons. The van der Waals surface area contributed by atoms with Crippen LogP contribution in [0.15, 0.2) is 65.0 Å². The van der Waals surface area contributed by atoms with E-state index in [4.69, 9.17) is 4.74 Å². The maximum atomic E-state index is 5.80. The second kappa shape index (κ2) is 13.4. The Balaban J connectivity index is 0.00000341. The minimum atomic E-state index is 0. The highest BCUT2D eigenvalue weighted by Crippen LogP contribution is 2.17. The van der Waals surface area contributed by atoms with Crippen LogP contribution < -0.4 is 10.6 Å². The summed E-state index contributed by atoms with van der Waals surface area (Å²) >= 11 is 1.68. The van der Waals surface area contributed by atoms with Crippen LogP contribution in [-0.2, 0) is 31.0 Å². The molecule has 7 heteroatoms. The molecular formula is C24H31IN4OS. The second-order valence-corrected chi connectivity index (χ2v) is 8.34. The fourth-order valence-corrected chi connectivity index (χ4v) is 3.75. The minimum Gasteiger partial charge on any atom is -0.372 e. The van der Waals surface area contributed by atoms with Gasteiger partial charge in [-0.05, 0) is 22.6 Å². The SMILES string of the molecule is CN=C(NCc1ccc(COCc2ccccc2)cc1)NCc1nc(C(C)C)cs1.I. The molecule has 0 amide bonds. The smallest absolute Gasteiger partial charge is 0.191 e. The number of benzene rings is 2. The number of guanidine groups is 1. The summed E-state index contributed by atoms with van der Waals surface area (Å²) in [6.07, 6.45) is 0. The summed E-state index contributed by atoms with van der Waals surface area (Å²) < 4.78 is 5.80. The minimum absolute atomic E-state index is 0. The topological polar surface area (TPSA) is 58.5 Å². The lowest BCUT2D eigenvalue weighted by Gasteiger charge is -2.11. The van der Waals surface area contributed by atoms with Crippen LogP contribution in [0.1, 0.15) is 47.2 Å². The van der Waals surface area contributed by atoms with E-state index in [9.17, 15) is 0 Å². The maximum Gasteiger partial charge on any atom is 0.191 e. The van der Waals surface area contributed by atoms with Crippen LogP contribution in [0.3, 0.4) is 0 Å². The molecule has 3 rings (SSSR count). The molecule has 0 aliphatic heterocycles. The van der Waals surface area contributed by atoms with Crippen molar-refractivity contribution in [2.24, 2.45) is 4.99 Å². The molecule has 0 spiro atoms. The Hall–Kier alpha value is -1.97. The molecule has 2 aromatic carbocycles. The summed E-state index contributed by atoms with van der Waals surface area (Å²) in [5.74, 6) is 1.23. The van der Waals surface area contributed by atoms with Gasteiger partial charge in [0, 0.05) is 19.0 Å². The predicted molar refractivity (Wildman–Crippen MR) is 140 cm³/mol. The van der Waals surface area contributed by atoms with Crippen LogP contribution >= 0.6 is 35.3 Å².